The Kier molecular flexibility index (Phi) is 4.68. The molecule has 2 heterocycles. The summed E-state index contributed by atoms with van der Waals surface area (Å²) in [5, 5.41) is 3.72. The molecule has 0 aromatic rings. The van der Waals surface area contributed by atoms with E-state index in [1.807, 2.05) is 0 Å². The third-order valence-corrected chi connectivity index (χ3v) is 4.50. The molecular weight excluding hydrogens is 224 g/mol. The Morgan fingerprint density at radius 2 is 2.06 bits per heavy atom. The summed E-state index contributed by atoms with van der Waals surface area (Å²) in [6.45, 7) is 13.8. The molecule has 0 amide bonds. The number of nitrogens with one attached hydrogen (secondary N) is 1. The van der Waals surface area contributed by atoms with Crippen molar-refractivity contribution in [2.24, 2.45) is 5.41 Å². The van der Waals surface area contributed by atoms with Crippen LogP contribution in [0.1, 0.15) is 47.0 Å². The third-order valence-electron chi connectivity index (χ3n) is 4.50. The third kappa shape index (κ3) is 3.69. The fourth-order valence-corrected chi connectivity index (χ4v) is 3.01. The molecular formula is C15H30N2O. The van der Waals surface area contributed by atoms with Gasteiger partial charge >= 0.3 is 0 Å². The van der Waals surface area contributed by atoms with Crippen molar-refractivity contribution in [2.75, 3.05) is 26.2 Å². The predicted molar refractivity (Wildman–Crippen MR) is 75.9 cm³/mol. The first-order valence-corrected chi connectivity index (χ1v) is 7.56. The van der Waals surface area contributed by atoms with Crippen molar-refractivity contribution in [3.63, 3.8) is 0 Å². The Bertz CT molecular complexity index is 256. The monoisotopic (exact) mass is 254 g/mol. The predicted octanol–water partition coefficient (Wildman–Crippen LogP) is 2.26. The molecule has 0 aliphatic carbocycles. The molecule has 0 spiro atoms. The highest BCUT2D eigenvalue weighted by molar-refractivity contribution is 4.89. The zero-order chi connectivity index (χ0) is 13.2. The lowest BCUT2D eigenvalue weighted by atomic mass is 9.86. The zero-order valence-electron chi connectivity index (χ0n) is 12.5. The first kappa shape index (κ1) is 14.3. The summed E-state index contributed by atoms with van der Waals surface area (Å²) in [5.74, 6) is 0. The van der Waals surface area contributed by atoms with Crippen LogP contribution < -0.4 is 5.32 Å². The standard InChI is InChI=1S/C15H30N2O/c1-12-7-8-16-14(15(2,3)4)11-17(12)10-13-6-5-9-18-13/h12-14,16H,5-11H2,1-4H3. The molecule has 2 rings (SSSR count). The van der Waals surface area contributed by atoms with Gasteiger partial charge in [-0.15, -0.1) is 0 Å². The average molecular weight is 254 g/mol. The molecule has 0 aromatic carbocycles. The van der Waals surface area contributed by atoms with Crippen molar-refractivity contribution in [2.45, 2.75) is 65.1 Å². The van der Waals surface area contributed by atoms with E-state index in [1.165, 1.54) is 19.3 Å². The number of nitrogens with zero attached hydrogens (tertiary/aromatic N) is 1. The van der Waals surface area contributed by atoms with Gasteiger partial charge in [0.1, 0.15) is 0 Å². The summed E-state index contributed by atoms with van der Waals surface area (Å²) in [5.41, 5.74) is 0.332. The van der Waals surface area contributed by atoms with Gasteiger partial charge in [-0.3, -0.25) is 4.90 Å². The van der Waals surface area contributed by atoms with Crippen LogP contribution in [-0.4, -0.2) is 49.3 Å². The fraction of sp³-hybridized carbons (Fsp3) is 1.00. The zero-order valence-corrected chi connectivity index (χ0v) is 12.5. The van der Waals surface area contributed by atoms with Gasteiger partial charge in [-0.25, -0.2) is 0 Å². The first-order valence-electron chi connectivity index (χ1n) is 7.56. The van der Waals surface area contributed by atoms with Crippen LogP contribution in [0.25, 0.3) is 0 Å². The lowest BCUT2D eigenvalue weighted by molar-refractivity contribution is 0.0535. The number of rotatable bonds is 2. The quantitative estimate of drug-likeness (QED) is 0.818. The number of ether oxygens (including phenoxy) is 1. The summed E-state index contributed by atoms with van der Waals surface area (Å²) in [7, 11) is 0. The van der Waals surface area contributed by atoms with Gasteiger partial charge in [0.05, 0.1) is 6.10 Å². The fourth-order valence-electron chi connectivity index (χ4n) is 3.01. The van der Waals surface area contributed by atoms with E-state index >= 15 is 0 Å². The number of hydrogen-bond donors (Lipinski definition) is 1. The molecule has 0 bridgehead atoms. The molecule has 1 N–H and O–H groups in total. The van der Waals surface area contributed by atoms with Crippen LogP contribution in [0, 0.1) is 5.41 Å². The summed E-state index contributed by atoms with van der Waals surface area (Å²) in [6.07, 6.45) is 4.22. The molecule has 3 atom stereocenters. The maximum absolute atomic E-state index is 5.80. The van der Waals surface area contributed by atoms with Gasteiger partial charge < -0.3 is 10.1 Å². The van der Waals surface area contributed by atoms with Crippen molar-refractivity contribution >= 4 is 0 Å². The Morgan fingerprint density at radius 3 is 2.67 bits per heavy atom. The summed E-state index contributed by atoms with van der Waals surface area (Å²) in [4.78, 5) is 2.64. The topological polar surface area (TPSA) is 24.5 Å². The normalized spacial score (nSPS) is 35.7. The molecule has 106 valence electrons. The highest BCUT2D eigenvalue weighted by Gasteiger charge is 2.32. The Hall–Kier alpha value is -0.120. The molecule has 0 aromatic heterocycles. The largest absolute Gasteiger partial charge is 0.377 e. The highest BCUT2D eigenvalue weighted by atomic mass is 16.5. The lowest BCUT2D eigenvalue weighted by Crippen LogP contribution is -2.48. The van der Waals surface area contributed by atoms with Crippen molar-refractivity contribution in [3.05, 3.63) is 0 Å². The molecule has 2 saturated heterocycles. The van der Waals surface area contributed by atoms with Gasteiger partial charge in [0.25, 0.3) is 0 Å². The van der Waals surface area contributed by atoms with Crippen LogP contribution in [0.5, 0.6) is 0 Å². The van der Waals surface area contributed by atoms with Crippen LogP contribution in [0.3, 0.4) is 0 Å². The minimum Gasteiger partial charge on any atom is -0.377 e. The minimum atomic E-state index is 0.332. The van der Waals surface area contributed by atoms with Crippen LogP contribution in [0.15, 0.2) is 0 Å². The molecule has 2 aliphatic heterocycles. The van der Waals surface area contributed by atoms with E-state index in [1.54, 1.807) is 0 Å². The van der Waals surface area contributed by atoms with Gasteiger partial charge in [-0.05, 0) is 38.1 Å². The molecule has 0 radical (unpaired) electrons. The second-order valence-electron chi connectivity index (χ2n) is 7.10. The van der Waals surface area contributed by atoms with Crippen molar-refractivity contribution in [3.8, 4) is 0 Å². The van der Waals surface area contributed by atoms with Crippen LogP contribution in [0.4, 0.5) is 0 Å². The molecule has 3 unspecified atom stereocenters. The van der Waals surface area contributed by atoms with E-state index in [4.69, 9.17) is 4.74 Å². The van der Waals surface area contributed by atoms with Crippen molar-refractivity contribution in [1.82, 2.24) is 10.2 Å². The molecule has 2 aliphatic rings. The summed E-state index contributed by atoms with van der Waals surface area (Å²) >= 11 is 0. The first-order chi connectivity index (χ1) is 8.47. The molecule has 18 heavy (non-hydrogen) atoms. The van der Waals surface area contributed by atoms with E-state index in [0.717, 1.165) is 26.2 Å². The summed E-state index contributed by atoms with van der Waals surface area (Å²) in [6, 6.07) is 1.26. The van der Waals surface area contributed by atoms with Crippen LogP contribution in [0.2, 0.25) is 0 Å². The molecule has 0 saturated carbocycles. The van der Waals surface area contributed by atoms with E-state index < -0.39 is 0 Å². The van der Waals surface area contributed by atoms with Crippen molar-refractivity contribution in [1.29, 1.82) is 0 Å². The van der Waals surface area contributed by atoms with E-state index in [2.05, 4.69) is 37.9 Å². The Morgan fingerprint density at radius 1 is 1.28 bits per heavy atom. The van der Waals surface area contributed by atoms with Crippen LogP contribution in [-0.2, 0) is 4.74 Å². The Balaban J connectivity index is 1.96. The van der Waals surface area contributed by atoms with Gasteiger partial charge in [0.2, 0.25) is 0 Å². The van der Waals surface area contributed by atoms with Gasteiger partial charge in [0, 0.05) is 31.8 Å². The van der Waals surface area contributed by atoms with Crippen LogP contribution >= 0.6 is 0 Å². The van der Waals surface area contributed by atoms with E-state index in [9.17, 15) is 0 Å². The Labute approximate surface area is 112 Å². The second kappa shape index (κ2) is 5.89. The number of hydrogen-bond acceptors (Lipinski definition) is 3. The molecule has 3 nitrogen and oxygen atoms in total. The maximum Gasteiger partial charge on any atom is 0.0702 e. The minimum absolute atomic E-state index is 0.332. The SMILES string of the molecule is CC1CCNC(C(C)(C)C)CN1CC1CCCO1. The van der Waals surface area contributed by atoms with Gasteiger partial charge in [-0.1, -0.05) is 20.8 Å². The van der Waals surface area contributed by atoms with Gasteiger partial charge in [-0.2, -0.15) is 0 Å². The van der Waals surface area contributed by atoms with Crippen molar-refractivity contribution < 1.29 is 4.74 Å². The highest BCUT2D eigenvalue weighted by Crippen LogP contribution is 2.24. The molecule has 3 heteroatoms. The molecule has 2 fully saturated rings. The lowest BCUT2D eigenvalue weighted by Gasteiger charge is -2.36. The maximum atomic E-state index is 5.80. The average Bonchev–Trinajstić information content (AvgIpc) is 2.70. The smallest absolute Gasteiger partial charge is 0.0702 e. The van der Waals surface area contributed by atoms with E-state index in [-0.39, 0.29) is 0 Å². The van der Waals surface area contributed by atoms with E-state index in [0.29, 0.717) is 23.6 Å². The summed E-state index contributed by atoms with van der Waals surface area (Å²) < 4.78 is 5.80. The second-order valence-corrected chi connectivity index (χ2v) is 7.10. The van der Waals surface area contributed by atoms with Gasteiger partial charge in [0.15, 0.2) is 0 Å².